The van der Waals surface area contributed by atoms with Crippen molar-refractivity contribution in [2.45, 2.75) is 30.0 Å². The van der Waals surface area contributed by atoms with E-state index in [1.165, 1.54) is 11.8 Å². The molecule has 1 atom stereocenters. The predicted molar refractivity (Wildman–Crippen MR) is 87.8 cm³/mol. The van der Waals surface area contributed by atoms with Gasteiger partial charge in [-0.15, -0.1) is 11.6 Å². The number of benzene rings is 2. The van der Waals surface area contributed by atoms with Crippen LogP contribution in [0.3, 0.4) is 0 Å². The molecule has 0 bridgehead atoms. The Morgan fingerprint density at radius 1 is 0.810 bits per heavy atom. The third kappa shape index (κ3) is 3.86. The van der Waals surface area contributed by atoms with Gasteiger partial charge in [-0.2, -0.15) is 0 Å². The zero-order chi connectivity index (χ0) is 15.6. The highest BCUT2D eigenvalue weighted by atomic mass is 35.5. The summed E-state index contributed by atoms with van der Waals surface area (Å²) >= 11 is 6.48. The Kier molecular flexibility index (Phi) is 4.74. The summed E-state index contributed by atoms with van der Waals surface area (Å²) in [7, 11) is -3.17. The number of sulfone groups is 1. The van der Waals surface area contributed by atoms with Gasteiger partial charge in [-0.3, -0.25) is 0 Å². The van der Waals surface area contributed by atoms with E-state index in [1.807, 2.05) is 12.1 Å². The zero-order valence-electron chi connectivity index (χ0n) is 12.4. The monoisotopic (exact) mass is 322 g/mol. The molecule has 0 amide bonds. The Balaban J connectivity index is 2.25. The van der Waals surface area contributed by atoms with Crippen LogP contribution in [0.15, 0.2) is 53.4 Å². The lowest BCUT2D eigenvalue weighted by Gasteiger charge is -2.13. The van der Waals surface area contributed by atoms with Crippen molar-refractivity contribution in [3.8, 4) is 0 Å². The van der Waals surface area contributed by atoms with Crippen LogP contribution in [0, 0.1) is 0 Å². The standard InChI is InChI=1S/C17H19ClO2S/c1-12(2)13-4-6-14(7-5-13)17(18)15-8-10-16(11-9-15)21(3,19)20/h4-12,17H,1-3H3. The van der Waals surface area contributed by atoms with Crippen LogP contribution in [-0.2, 0) is 9.84 Å². The van der Waals surface area contributed by atoms with Gasteiger partial charge >= 0.3 is 0 Å². The van der Waals surface area contributed by atoms with Crippen LogP contribution in [0.2, 0.25) is 0 Å². The molecule has 2 nitrogen and oxygen atoms in total. The van der Waals surface area contributed by atoms with E-state index in [-0.39, 0.29) is 5.38 Å². The zero-order valence-corrected chi connectivity index (χ0v) is 13.9. The number of rotatable bonds is 4. The molecular weight excluding hydrogens is 304 g/mol. The summed E-state index contributed by atoms with van der Waals surface area (Å²) in [6.07, 6.45) is 1.20. The van der Waals surface area contributed by atoms with Crippen molar-refractivity contribution in [3.05, 3.63) is 65.2 Å². The summed E-state index contributed by atoms with van der Waals surface area (Å²) in [4.78, 5) is 0.310. The average molecular weight is 323 g/mol. The van der Waals surface area contributed by atoms with Crippen LogP contribution in [0.1, 0.15) is 41.8 Å². The van der Waals surface area contributed by atoms with E-state index in [9.17, 15) is 8.42 Å². The van der Waals surface area contributed by atoms with Crippen LogP contribution >= 0.6 is 11.6 Å². The van der Waals surface area contributed by atoms with Gasteiger partial charge in [0.1, 0.15) is 0 Å². The third-order valence-corrected chi connectivity index (χ3v) is 5.13. The van der Waals surface area contributed by atoms with Gasteiger partial charge in [-0.25, -0.2) is 8.42 Å². The second-order valence-electron chi connectivity index (χ2n) is 5.53. The molecule has 0 fully saturated rings. The Morgan fingerprint density at radius 3 is 1.57 bits per heavy atom. The molecule has 21 heavy (non-hydrogen) atoms. The van der Waals surface area contributed by atoms with E-state index in [1.54, 1.807) is 24.3 Å². The van der Waals surface area contributed by atoms with E-state index < -0.39 is 9.84 Å². The quantitative estimate of drug-likeness (QED) is 0.774. The van der Waals surface area contributed by atoms with E-state index >= 15 is 0 Å². The number of hydrogen-bond acceptors (Lipinski definition) is 2. The average Bonchev–Trinajstić information content (AvgIpc) is 2.46. The van der Waals surface area contributed by atoms with Crippen LogP contribution in [0.5, 0.6) is 0 Å². The normalized spacial score (nSPS) is 13.4. The van der Waals surface area contributed by atoms with Crippen molar-refractivity contribution in [2.75, 3.05) is 6.26 Å². The molecule has 0 radical (unpaired) electrons. The molecule has 0 aliphatic carbocycles. The van der Waals surface area contributed by atoms with Gasteiger partial charge in [0.2, 0.25) is 0 Å². The highest BCUT2D eigenvalue weighted by Gasteiger charge is 2.13. The summed E-state index contributed by atoms with van der Waals surface area (Å²) in [5.74, 6) is 0.488. The molecule has 0 N–H and O–H groups in total. The lowest BCUT2D eigenvalue weighted by atomic mass is 9.98. The second-order valence-corrected chi connectivity index (χ2v) is 7.98. The summed E-state index contributed by atoms with van der Waals surface area (Å²) in [5.41, 5.74) is 3.17. The smallest absolute Gasteiger partial charge is 0.175 e. The molecule has 0 saturated heterocycles. The van der Waals surface area contributed by atoms with Crippen LogP contribution in [0.4, 0.5) is 0 Å². The molecule has 2 aromatic carbocycles. The minimum atomic E-state index is -3.17. The Morgan fingerprint density at radius 2 is 1.19 bits per heavy atom. The first kappa shape index (κ1) is 16.1. The molecule has 1 unspecified atom stereocenters. The summed E-state index contributed by atoms with van der Waals surface area (Å²) < 4.78 is 22.9. The van der Waals surface area contributed by atoms with Crippen molar-refractivity contribution < 1.29 is 8.42 Å². The molecule has 0 aliphatic heterocycles. The van der Waals surface area contributed by atoms with E-state index in [0.29, 0.717) is 10.8 Å². The minimum Gasteiger partial charge on any atom is -0.224 e. The van der Waals surface area contributed by atoms with Gasteiger partial charge in [0.15, 0.2) is 9.84 Å². The fourth-order valence-corrected chi connectivity index (χ4v) is 3.05. The maximum atomic E-state index is 11.5. The van der Waals surface area contributed by atoms with E-state index in [2.05, 4.69) is 26.0 Å². The van der Waals surface area contributed by atoms with Gasteiger partial charge in [0.25, 0.3) is 0 Å². The Labute approximate surface area is 131 Å². The molecule has 2 aromatic rings. The van der Waals surface area contributed by atoms with Crippen LogP contribution in [0.25, 0.3) is 0 Å². The third-order valence-electron chi connectivity index (χ3n) is 3.50. The maximum absolute atomic E-state index is 11.5. The van der Waals surface area contributed by atoms with E-state index in [0.717, 1.165) is 11.1 Å². The van der Waals surface area contributed by atoms with Crippen molar-refractivity contribution in [1.29, 1.82) is 0 Å². The van der Waals surface area contributed by atoms with Crippen molar-refractivity contribution >= 4 is 21.4 Å². The molecule has 0 heterocycles. The molecule has 112 valence electrons. The number of alkyl halides is 1. The first-order valence-electron chi connectivity index (χ1n) is 6.83. The lowest BCUT2D eigenvalue weighted by molar-refractivity contribution is 0.602. The summed E-state index contributed by atoms with van der Waals surface area (Å²) in [5, 5.41) is -0.278. The highest BCUT2D eigenvalue weighted by Crippen LogP contribution is 2.30. The molecule has 0 spiro atoms. The molecule has 4 heteroatoms. The SMILES string of the molecule is CC(C)c1ccc(C(Cl)c2ccc(S(C)(=O)=O)cc2)cc1. The topological polar surface area (TPSA) is 34.1 Å². The molecular formula is C17H19ClO2S. The van der Waals surface area contributed by atoms with E-state index in [4.69, 9.17) is 11.6 Å². The van der Waals surface area contributed by atoms with Crippen LogP contribution < -0.4 is 0 Å². The fraction of sp³-hybridized carbons (Fsp3) is 0.294. The van der Waals surface area contributed by atoms with Crippen LogP contribution in [-0.4, -0.2) is 14.7 Å². The Bertz CT molecular complexity index is 701. The molecule has 0 aliphatic rings. The lowest BCUT2D eigenvalue weighted by Crippen LogP contribution is -1.99. The highest BCUT2D eigenvalue weighted by molar-refractivity contribution is 7.90. The van der Waals surface area contributed by atoms with Gasteiger partial charge in [0.05, 0.1) is 10.3 Å². The largest absolute Gasteiger partial charge is 0.224 e. The molecule has 2 rings (SSSR count). The Hall–Kier alpha value is -1.32. The summed E-state index contributed by atoms with van der Waals surface area (Å²) in [6, 6.07) is 15.0. The minimum absolute atomic E-state index is 0.278. The van der Waals surface area contributed by atoms with Crippen molar-refractivity contribution in [2.24, 2.45) is 0 Å². The predicted octanol–water partition coefficient (Wildman–Crippen LogP) is 4.54. The first-order valence-corrected chi connectivity index (χ1v) is 9.16. The first-order chi connectivity index (χ1) is 9.79. The number of halogens is 1. The molecule has 0 saturated carbocycles. The maximum Gasteiger partial charge on any atom is 0.175 e. The van der Waals surface area contributed by atoms with Gasteiger partial charge in [-0.1, -0.05) is 50.2 Å². The fourth-order valence-electron chi connectivity index (χ4n) is 2.13. The van der Waals surface area contributed by atoms with Gasteiger partial charge in [-0.05, 0) is 34.7 Å². The van der Waals surface area contributed by atoms with Gasteiger partial charge in [0, 0.05) is 6.26 Å². The van der Waals surface area contributed by atoms with Crippen molar-refractivity contribution in [1.82, 2.24) is 0 Å². The molecule has 0 aromatic heterocycles. The number of hydrogen-bond donors (Lipinski definition) is 0. The second kappa shape index (κ2) is 6.20. The van der Waals surface area contributed by atoms with Crippen molar-refractivity contribution in [3.63, 3.8) is 0 Å². The summed E-state index contributed by atoms with van der Waals surface area (Å²) in [6.45, 7) is 4.30. The van der Waals surface area contributed by atoms with Gasteiger partial charge < -0.3 is 0 Å².